The van der Waals surface area contributed by atoms with Gasteiger partial charge in [-0.25, -0.2) is 4.79 Å². The zero-order valence-electron chi connectivity index (χ0n) is 10.3. The normalized spacial score (nSPS) is 20.8. The molecule has 3 N–H and O–H groups in total. The molecule has 5 nitrogen and oxygen atoms in total. The van der Waals surface area contributed by atoms with Crippen LogP contribution in [0.4, 0.5) is 10.5 Å². The maximum Gasteiger partial charge on any atom is 0.321 e. The van der Waals surface area contributed by atoms with Gasteiger partial charge in [0.1, 0.15) is 0 Å². The number of likely N-dealkylation sites (tertiary alicyclic amines) is 1. The number of aliphatic hydroxyl groups excluding tert-OH is 2. The topological polar surface area (TPSA) is 72.8 Å². The molecule has 1 aromatic rings. The summed E-state index contributed by atoms with van der Waals surface area (Å²) in [6.07, 6.45) is -0.286. The molecular weight excluding hydrogens is 232 g/mol. The number of carbonyl (C=O) groups is 1. The van der Waals surface area contributed by atoms with Gasteiger partial charge in [-0.05, 0) is 31.0 Å². The van der Waals surface area contributed by atoms with Crippen molar-refractivity contribution in [1.82, 2.24) is 4.90 Å². The zero-order chi connectivity index (χ0) is 13.1. The Hall–Kier alpha value is -1.59. The minimum atomic E-state index is -0.511. The van der Waals surface area contributed by atoms with Crippen LogP contribution >= 0.6 is 0 Å². The van der Waals surface area contributed by atoms with Crippen LogP contribution in [0.15, 0.2) is 24.3 Å². The summed E-state index contributed by atoms with van der Waals surface area (Å²) in [4.78, 5) is 13.4. The number of urea groups is 1. The Morgan fingerprint density at radius 3 is 2.61 bits per heavy atom. The number of hydrogen-bond acceptors (Lipinski definition) is 3. The number of rotatable bonds is 2. The van der Waals surface area contributed by atoms with E-state index in [1.807, 2.05) is 0 Å². The number of carbonyl (C=O) groups excluding carboxylic acids is 1. The van der Waals surface area contributed by atoms with Crippen molar-refractivity contribution in [1.29, 1.82) is 0 Å². The molecule has 1 aliphatic rings. The standard InChI is InChI=1S/C13H18N2O3/c1-9(16)10-2-4-11(5-3-10)14-13(18)15-7-6-12(17)8-15/h2-5,9,12,16-17H,6-8H2,1H3,(H,14,18). The largest absolute Gasteiger partial charge is 0.391 e. The summed E-state index contributed by atoms with van der Waals surface area (Å²) in [5.41, 5.74) is 1.50. The Morgan fingerprint density at radius 2 is 2.11 bits per heavy atom. The van der Waals surface area contributed by atoms with Gasteiger partial charge in [-0.3, -0.25) is 0 Å². The summed E-state index contributed by atoms with van der Waals surface area (Å²) in [5, 5.41) is 21.5. The van der Waals surface area contributed by atoms with E-state index in [2.05, 4.69) is 5.32 Å². The fraction of sp³-hybridized carbons (Fsp3) is 0.462. The number of nitrogens with zero attached hydrogens (tertiary/aromatic N) is 1. The third kappa shape index (κ3) is 3.00. The number of amides is 2. The summed E-state index contributed by atoms with van der Waals surface area (Å²) in [5.74, 6) is 0. The Bertz CT molecular complexity index is 417. The van der Waals surface area contributed by atoms with E-state index in [0.717, 1.165) is 5.56 Å². The molecule has 0 aromatic heterocycles. The molecule has 2 atom stereocenters. The first-order valence-electron chi connectivity index (χ1n) is 6.08. The van der Waals surface area contributed by atoms with Crippen molar-refractivity contribution in [3.8, 4) is 0 Å². The van der Waals surface area contributed by atoms with Gasteiger partial charge in [0.2, 0.25) is 0 Å². The number of β-amino-alcohol motifs (C(OH)–C–C–N with tert-alkyl or cyclic N) is 1. The monoisotopic (exact) mass is 250 g/mol. The van der Waals surface area contributed by atoms with Crippen LogP contribution in [0.1, 0.15) is 25.0 Å². The average Bonchev–Trinajstić information content (AvgIpc) is 2.76. The first-order valence-corrected chi connectivity index (χ1v) is 6.08. The van der Waals surface area contributed by atoms with Gasteiger partial charge in [0.15, 0.2) is 0 Å². The lowest BCUT2D eigenvalue weighted by molar-refractivity contribution is 0.176. The lowest BCUT2D eigenvalue weighted by atomic mass is 10.1. The first kappa shape index (κ1) is 12.9. The van der Waals surface area contributed by atoms with Crippen LogP contribution in [-0.2, 0) is 0 Å². The average molecular weight is 250 g/mol. The van der Waals surface area contributed by atoms with Gasteiger partial charge in [0.05, 0.1) is 12.2 Å². The van der Waals surface area contributed by atoms with Crippen molar-refractivity contribution in [3.05, 3.63) is 29.8 Å². The van der Waals surface area contributed by atoms with Crippen molar-refractivity contribution in [2.24, 2.45) is 0 Å². The molecule has 98 valence electrons. The predicted molar refractivity (Wildman–Crippen MR) is 68.3 cm³/mol. The van der Waals surface area contributed by atoms with E-state index < -0.39 is 12.2 Å². The number of nitrogens with one attached hydrogen (secondary N) is 1. The fourth-order valence-corrected chi connectivity index (χ4v) is 1.97. The zero-order valence-corrected chi connectivity index (χ0v) is 10.3. The van der Waals surface area contributed by atoms with Gasteiger partial charge in [-0.15, -0.1) is 0 Å². The van der Waals surface area contributed by atoms with Crippen molar-refractivity contribution >= 4 is 11.7 Å². The molecule has 2 amide bonds. The summed E-state index contributed by atoms with van der Waals surface area (Å²) in [7, 11) is 0. The maximum atomic E-state index is 11.8. The summed E-state index contributed by atoms with van der Waals surface area (Å²) >= 11 is 0. The highest BCUT2D eigenvalue weighted by molar-refractivity contribution is 5.89. The van der Waals surface area contributed by atoms with Crippen LogP contribution in [-0.4, -0.2) is 40.3 Å². The van der Waals surface area contributed by atoms with E-state index in [9.17, 15) is 15.0 Å². The van der Waals surface area contributed by atoms with Gasteiger partial charge in [-0.2, -0.15) is 0 Å². The molecule has 0 bridgehead atoms. The third-order valence-corrected chi connectivity index (χ3v) is 3.09. The van der Waals surface area contributed by atoms with Gasteiger partial charge in [-0.1, -0.05) is 12.1 Å². The second-order valence-corrected chi connectivity index (χ2v) is 4.62. The Morgan fingerprint density at radius 1 is 1.44 bits per heavy atom. The van der Waals surface area contributed by atoms with Gasteiger partial charge >= 0.3 is 6.03 Å². The molecule has 0 radical (unpaired) electrons. The molecule has 0 aliphatic carbocycles. The van der Waals surface area contributed by atoms with E-state index in [-0.39, 0.29) is 6.03 Å². The van der Waals surface area contributed by atoms with Crippen molar-refractivity contribution in [2.45, 2.75) is 25.6 Å². The molecule has 2 unspecified atom stereocenters. The molecule has 1 fully saturated rings. The van der Waals surface area contributed by atoms with Crippen molar-refractivity contribution in [3.63, 3.8) is 0 Å². The summed E-state index contributed by atoms with van der Waals surface area (Å²) in [6.45, 7) is 2.66. The van der Waals surface area contributed by atoms with Crippen LogP contribution in [0.5, 0.6) is 0 Å². The van der Waals surface area contributed by atoms with E-state index in [1.165, 1.54) is 0 Å². The highest BCUT2D eigenvalue weighted by Gasteiger charge is 2.24. The van der Waals surface area contributed by atoms with E-state index >= 15 is 0 Å². The van der Waals surface area contributed by atoms with Gasteiger partial charge in [0.25, 0.3) is 0 Å². The molecule has 5 heteroatoms. The third-order valence-electron chi connectivity index (χ3n) is 3.09. The number of benzene rings is 1. The Balaban J connectivity index is 1.95. The van der Waals surface area contributed by atoms with Crippen LogP contribution < -0.4 is 5.32 Å². The van der Waals surface area contributed by atoms with Crippen LogP contribution in [0.3, 0.4) is 0 Å². The van der Waals surface area contributed by atoms with E-state index in [1.54, 1.807) is 36.1 Å². The molecule has 2 rings (SSSR count). The molecule has 1 aliphatic heterocycles. The van der Waals surface area contributed by atoms with Crippen molar-refractivity contribution < 1.29 is 15.0 Å². The lowest BCUT2D eigenvalue weighted by Crippen LogP contribution is -2.33. The smallest absolute Gasteiger partial charge is 0.321 e. The predicted octanol–water partition coefficient (Wildman–Crippen LogP) is 1.34. The second kappa shape index (κ2) is 5.37. The van der Waals surface area contributed by atoms with Crippen LogP contribution in [0, 0.1) is 0 Å². The first-order chi connectivity index (χ1) is 8.56. The van der Waals surface area contributed by atoms with Crippen molar-refractivity contribution in [2.75, 3.05) is 18.4 Å². The Kier molecular flexibility index (Phi) is 3.84. The Labute approximate surface area is 106 Å². The lowest BCUT2D eigenvalue weighted by Gasteiger charge is -2.16. The molecule has 1 saturated heterocycles. The number of aliphatic hydroxyl groups is 2. The SMILES string of the molecule is CC(O)c1ccc(NC(=O)N2CCC(O)C2)cc1. The molecule has 0 spiro atoms. The molecular formula is C13H18N2O3. The molecule has 1 aromatic carbocycles. The minimum Gasteiger partial charge on any atom is -0.391 e. The highest BCUT2D eigenvalue weighted by Crippen LogP contribution is 2.17. The molecule has 0 saturated carbocycles. The van der Waals surface area contributed by atoms with Gasteiger partial charge < -0.3 is 20.4 Å². The fourth-order valence-electron chi connectivity index (χ4n) is 1.97. The quantitative estimate of drug-likeness (QED) is 0.741. The highest BCUT2D eigenvalue weighted by atomic mass is 16.3. The second-order valence-electron chi connectivity index (χ2n) is 4.62. The maximum absolute atomic E-state index is 11.8. The minimum absolute atomic E-state index is 0.198. The number of anilines is 1. The van der Waals surface area contributed by atoms with E-state index in [4.69, 9.17) is 0 Å². The summed E-state index contributed by atoms with van der Waals surface area (Å²) < 4.78 is 0. The van der Waals surface area contributed by atoms with E-state index in [0.29, 0.717) is 25.2 Å². The summed E-state index contributed by atoms with van der Waals surface area (Å²) in [6, 6.07) is 6.87. The molecule has 1 heterocycles. The van der Waals surface area contributed by atoms with Gasteiger partial charge in [0, 0.05) is 18.8 Å². The molecule has 18 heavy (non-hydrogen) atoms. The number of hydrogen-bond donors (Lipinski definition) is 3. The van der Waals surface area contributed by atoms with Crippen LogP contribution in [0.2, 0.25) is 0 Å². The van der Waals surface area contributed by atoms with Crippen LogP contribution in [0.25, 0.3) is 0 Å².